The summed E-state index contributed by atoms with van der Waals surface area (Å²) in [6, 6.07) is 2.06. The van der Waals surface area contributed by atoms with E-state index in [0.29, 0.717) is 55.5 Å². The monoisotopic (exact) mass is 393 g/mol. The first-order valence-corrected chi connectivity index (χ1v) is 9.76. The minimum Gasteiger partial charge on any atom is -0.366 e. The van der Waals surface area contributed by atoms with Crippen LogP contribution in [0.1, 0.15) is 56.9 Å². The third-order valence-corrected chi connectivity index (χ3v) is 5.37. The average molecular weight is 393 g/mol. The van der Waals surface area contributed by atoms with Crippen molar-refractivity contribution in [1.29, 1.82) is 5.26 Å². The number of nitrogens with zero attached hydrogens (tertiary/aromatic N) is 3. The topological polar surface area (TPSA) is 99.9 Å². The van der Waals surface area contributed by atoms with Gasteiger partial charge in [-0.1, -0.05) is 0 Å². The molecule has 0 amide bonds. The summed E-state index contributed by atoms with van der Waals surface area (Å²) < 4.78 is 29.1. The molecule has 0 aromatic carbocycles. The molecule has 0 bridgehead atoms. The lowest BCUT2D eigenvalue weighted by Crippen LogP contribution is -2.29. The summed E-state index contributed by atoms with van der Waals surface area (Å²) in [7, 11) is 0. The SMILES string of the molecule is N#Cc1cnc(NCC2CCC(OC(F)F)CC2)nc1N[C@@H]1CCCC(=O)C1. The lowest BCUT2D eigenvalue weighted by molar-refractivity contribution is -0.171. The number of hydrogen-bond acceptors (Lipinski definition) is 7. The Morgan fingerprint density at radius 1 is 1.29 bits per heavy atom. The molecule has 7 nitrogen and oxygen atoms in total. The van der Waals surface area contributed by atoms with Crippen LogP contribution < -0.4 is 10.6 Å². The van der Waals surface area contributed by atoms with E-state index in [1.165, 1.54) is 6.20 Å². The number of halogens is 2. The molecule has 1 aromatic rings. The molecule has 9 heteroatoms. The Labute approximate surface area is 162 Å². The Bertz CT molecular complexity index is 717. The van der Waals surface area contributed by atoms with Gasteiger partial charge in [-0.3, -0.25) is 4.79 Å². The van der Waals surface area contributed by atoms with Crippen molar-refractivity contribution in [3.8, 4) is 6.07 Å². The van der Waals surface area contributed by atoms with Crippen LogP contribution in [0.25, 0.3) is 0 Å². The van der Waals surface area contributed by atoms with E-state index in [-0.39, 0.29) is 17.9 Å². The Morgan fingerprint density at radius 3 is 2.75 bits per heavy atom. The van der Waals surface area contributed by atoms with Gasteiger partial charge >= 0.3 is 6.61 Å². The van der Waals surface area contributed by atoms with Gasteiger partial charge in [0, 0.05) is 25.4 Å². The van der Waals surface area contributed by atoms with E-state index in [9.17, 15) is 18.8 Å². The highest BCUT2D eigenvalue weighted by Crippen LogP contribution is 2.28. The van der Waals surface area contributed by atoms with Gasteiger partial charge in [-0.25, -0.2) is 4.98 Å². The number of carbonyl (C=O) groups excluding carboxylic acids is 1. The number of Topliss-reactive ketones (excluding diaryl/α,β-unsaturated/α-hetero) is 1. The fourth-order valence-corrected chi connectivity index (χ4v) is 3.85. The molecule has 3 rings (SSSR count). The molecule has 0 saturated heterocycles. The van der Waals surface area contributed by atoms with E-state index in [2.05, 4.69) is 31.4 Å². The molecule has 0 unspecified atom stereocenters. The number of aromatic nitrogens is 2. The Morgan fingerprint density at radius 2 is 2.07 bits per heavy atom. The summed E-state index contributed by atoms with van der Waals surface area (Å²) in [5.74, 6) is 1.41. The van der Waals surface area contributed by atoms with Crippen LogP contribution >= 0.6 is 0 Å². The van der Waals surface area contributed by atoms with E-state index in [1.807, 2.05) is 0 Å². The van der Waals surface area contributed by atoms with E-state index in [0.717, 1.165) is 25.7 Å². The van der Waals surface area contributed by atoms with Gasteiger partial charge in [0.25, 0.3) is 0 Å². The Balaban J connectivity index is 1.53. The summed E-state index contributed by atoms with van der Waals surface area (Å²) in [5, 5.41) is 15.7. The number of carbonyl (C=O) groups is 1. The highest BCUT2D eigenvalue weighted by Gasteiger charge is 2.24. The molecule has 0 radical (unpaired) electrons. The second kappa shape index (κ2) is 9.73. The molecule has 1 atom stereocenters. The minimum atomic E-state index is -2.71. The van der Waals surface area contributed by atoms with Crippen LogP contribution in [-0.4, -0.2) is 41.1 Å². The van der Waals surface area contributed by atoms with Crippen LogP contribution in [0.4, 0.5) is 20.5 Å². The molecule has 2 aliphatic carbocycles. The van der Waals surface area contributed by atoms with E-state index < -0.39 is 6.61 Å². The second-order valence-corrected chi connectivity index (χ2v) is 7.46. The van der Waals surface area contributed by atoms with Gasteiger partial charge in [0.1, 0.15) is 23.2 Å². The number of alkyl halides is 2. The number of nitriles is 1. The molecule has 2 N–H and O–H groups in total. The van der Waals surface area contributed by atoms with Crippen LogP contribution in [0, 0.1) is 17.2 Å². The first-order chi connectivity index (χ1) is 13.5. The molecule has 0 spiro atoms. The van der Waals surface area contributed by atoms with Crippen molar-refractivity contribution < 1.29 is 18.3 Å². The van der Waals surface area contributed by atoms with Crippen molar-refractivity contribution in [2.45, 2.75) is 70.1 Å². The van der Waals surface area contributed by atoms with Gasteiger partial charge in [-0.05, 0) is 44.4 Å². The Kier molecular flexibility index (Phi) is 7.09. The third-order valence-electron chi connectivity index (χ3n) is 5.37. The van der Waals surface area contributed by atoms with Crippen molar-refractivity contribution in [2.24, 2.45) is 5.92 Å². The highest BCUT2D eigenvalue weighted by molar-refractivity contribution is 5.80. The van der Waals surface area contributed by atoms with Gasteiger partial charge < -0.3 is 15.4 Å². The molecule has 0 aliphatic heterocycles. The lowest BCUT2D eigenvalue weighted by Gasteiger charge is -2.28. The van der Waals surface area contributed by atoms with E-state index in [1.54, 1.807) is 0 Å². The second-order valence-electron chi connectivity index (χ2n) is 7.46. The highest BCUT2D eigenvalue weighted by atomic mass is 19.3. The predicted molar refractivity (Wildman–Crippen MR) is 99.0 cm³/mol. The van der Waals surface area contributed by atoms with Crippen LogP contribution in [0.5, 0.6) is 0 Å². The van der Waals surface area contributed by atoms with Crippen LogP contribution in [-0.2, 0) is 9.53 Å². The lowest BCUT2D eigenvalue weighted by atomic mass is 9.87. The zero-order valence-corrected chi connectivity index (χ0v) is 15.7. The van der Waals surface area contributed by atoms with Crippen molar-refractivity contribution in [1.82, 2.24) is 9.97 Å². The first-order valence-electron chi connectivity index (χ1n) is 9.76. The first kappa shape index (κ1) is 20.4. The zero-order chi connectivity index (χ0) is 19.9. The summed E-state index contributed by atoms with van der Waals surface area (Å²) in [6.45, 7) is -2.08. The maximum Gasteiger partial charge on any atom is 0.345 e. The summed E-state index contributed by atoms with van der Waals surface area (Å²) in [6.07, 6.45) is 6.71. The third kappa shape index (κ3) is 5.83. The van der Waals surface area contributed by atoms with Crippen LogP contribution in [0.2, 0.25) is 0 Å². The van der Waals surface area contributed by atoms with Crippen molar-refractivity contribution in [2.75, 3.05) is 17.2 Å². The molecular weight excluding hydrogens is 368 g/mol. The minimum absolute atomic E-state index is 0.0128. The number of ketones is 1. The number of rotatable bonds is 7. The fourth-order valence-electron chi connectivity index (χ4n) is 3.85. The maximum absolute atomic E-state index is 12.3. The molecule has 28 heavy (non-hydrogen) atoms. The average Bonchev–Trinajstić information content (AvgIpc) is 2.67. The molecular formula is C19H25F2N5O2. The van der Waals surface area contributed by atoms with Gasteiger partial charge in [0.05, 0.1) is 12.3 Å². The van der Waals surface area contributed by atoms with Crippen LogP contribution in [0.3, 0.4) is 0 Å². The zero-order valence-electron chi connectivity index (χ0n) is 15.7. The van der Waals surface area contributed by atoms with Crippen molar-refractivity contribution in [3.63, 3.8) is 0 Å². The smallest absolute Gasteiger partial charge is 0.345 e. The molecule has 1 heterocycles. The molecule has 2 saturated carbocycles. The number of anilines is 2. The standard InChI is InChI=1S/C19H25F2N5O2/c20-18(21)28-16-6-4-12(5-7-16)10-23-19-24-11-13(9-22)17(26-19)25-14-2-1-3-15(27)8-14/h11-12,14,16,18H,1-8,10H2,(H2,23,24,25,26)/t12?,14-,16?/m1/s1. The van der Waals surface area contributed by atoms with Gasteiger partial charge in [-0.15, -0.1) is 0 Å². The van der Waals surface area contributed by atoms with Crippen molar-refractivity contribution >= 4 is 17.5 Å². The van der Waals surface area contributed by atoms with Crippen LogP contribution in [0.15, 0.2) is 6.20 Å². The maximum atomic E-state index is 12.3. The summed E-state index contributed by atoms with van der Waals surface area (Å²) in [4.78, 5) is 20.2. The number of ether oxygens (including phenoxy) is 1. The number of nitrogens with one attached hydrogen (secondary N) is 2. The number of hydrogen-bond donors (Lipinski definition) is 2. The Hall–Kier alpha value is -2.34. The molecule has 2 aliphatic rings. The van der Waals surface area contributed by atoms with E-state index in [4.69, 9.17) is 0 Å². The summed E-state index contributed by atoms with van der Waals surface area (Å²) >= 11 is 0. The molecule has 1 aromatic heterocycles. The molecule has 152 valence electrons. The quantitative estimate of drug-likeness (QED) is 0.731. The largest absolute Gasteiger partial charge is 0.366 e. The van der Waals surface area contributed by atoms with Gasteiger partial charge in [0.15, 0.2) is 0 Å². The summed E-state index contributed by atoms with van der Waals surface area (Å²) in [5.41, 5.74) is 0.341. The fraction of sp³-hybridized carbons (Fsp3) is 0.684. The van der Waals surface area contributed by atoms with Gasteiger partial charge in [-0.2, -0.15) is 19.0 Å². The van der Waals surface area contributed by atoms with E-state index >= 15 is 0 Å². The van der Waals surface area contributed by atoms with Gasteiger partial charge in [0.2, 0.25) is 5.95 Å². The molecule has 2 fully saturated rings. The normalized spacial score (nSPS) is 25.4. The predicted octanol–water partition coefficient (Wildman–Crippen LogP) is 3.48. The van der Waals surface area contributed by atoms with Crippen molar-refractivity contribution in [3.05, 3.63) is 11.8 Å².